The van der Waals surface area contributed by atoms with Crippen LogP contribution in [0, 0.1) is 26.7 Å². The van der Waals surface area contributed by atoms with Crippen LogP contribution in [0.25, 0.3) is 0 Å². The van der Waals surface area contributed by atoms with Crippen LogP contribution < -0.4 is 20.3 Å². The maximum atomic E-state index is 13.6. The highest BCUT2D eigenvalue weighted by Crippen LogP contribution is 2.53. The Morgan fingerprint density at radius 1 is 1.03 bits per heavy atom. The molecule has 0 radical (unpaired) electrons. The van der Waals surface area contributed by atoms with E-state index in [0.717, 1.165) is 36.9 Å². The molecule has 212 valence electrons. The van der Waals surface area contributed by atoms with Crippen LogP contribution in [0.15, 0.2) is 16.9 Å². The Morgan fingerprint density at radius 2 is 1.67 bits per heavy atom. The summed E-state index contributed by atoms with van der Waals surface area (Å²) in [7, 11) is 4.26. The van der Waals surface area contributed by atoms with E-state index < -0.39 is 11.6 Å². The van der Waals surface area contributed by atoms with Crippen LogP contribution in [0.2, 0.25) is 0 Å². The van der Waals surface area contributed by atoms with Crippen molar-refractivity contribution in [1.82, 2.24) is 15.2 Å². The summed E-state index contributed by atoms with van der Waals surface area (Å²) in [4.78, 5) is 31.2. The van der Waals surface area contributed by atoms with E-state index in [1.807, 2.05) is 40.7 Å². The molecule has 1 amide bonds. The van der Waals surface area contributed by atoms with E-state index in [4.69, 9.17) is 18.9 Å². The largest absolute Gasteiger partial charge is 0.448 e. The summed E-state index contributed by atoms with van der Waals surface area (Å²) in [6, 6.07) is 4.25. The minimum Gasteiger partial charge on any atom is -0.448 e. The SMILES string of the molecule is Cc1cc(C)c(CNC(=O)c2cc(C3(C)OCCO3)c3c(c2C)OC(C)([C@H]2CC[C@H](N(C)C)CC2)O3)c(=O)[nH]1. The van der Waals surface area contributed by atoms with Gasteiger partial charge in [0.25, 0.3) is 17.3 Å². The predicted molar refractivity (Wildman–Crippen MR) is 147 cm³/mol. The number of ether oxygens (including phenoxy) is 4. The molecule has 1 saturated carbocycles. The first kappa shape index (κ1) is 27.7. The summed E-state index contributed by atoms with van der Waals surface area (Å²) in [5.41, 5.74) is 3.72. The molecule has 2 aliphatic heterocycles. The molecule has 2 N–H and O–H groups in total. The van der Waals surface area contributed by atoms with E-state index in [2.05, 4.69) is 29.3 Å². The Labute approximate surface area is 230 Å². The van der Waals surface area contributed by atoms with Crippen molar-refractivity contribution in [2.45, 2.75) is 84.5 Å². The lowest BCUT2D eigenvalue weighted by Gasteiger charge is -2.39. The molecule has 2 aromatic rings. The zero-order valence-electron chi connectivity index (χ0n) is 24.2. The first-order chi connectivity index (χ1) is 18.4. The number of aryl methyl sites for hydroxylation is 2. The molecule has 3 heterocycles. The van der Waals surface area contributed by atoms with Gasteiger partial charge < -0.3 is 34.1 Å². The standard InChI is InChI=1S/C30H41N3O6/c1-17-14-18(2)32-28(35)23(17)16-31-27(34)22-15-24(30(5)36-12-13-37-30)26-25(19(22)3)38-29(4,39-26)20-8-10-21(11-9-20)33(6)7/h14-15,20-21H,8-13,16H2,1-7H3,(H,31,34)(H,32,35)/t20-,21-,29?. The van der Waals surface area contributed by atoms with Crippen LogP contribution in [0.3, 0.4) is 0 Å². The highest BCUT2D eigenvalue weighted by atomic mass is 16.8. The molecule has 0 spiro atoms. The van der Waals surface area contributed by atoms with Gasteiger partial charge in [-0.3, -0.25) is 9.59 Å². The summed E-state index contributed by atoms with van der Waals surface area (Å²) >= 11 is 0. The van der Waals surface area contributed by atoms with Gasteiger partial charge in [-0.25, -0.2) is 0 Å². The smallest absolute Gasteiger partial charge is 0.253 e. The summed E-state index contributed by atoms with van der Waals surface area (Å²) in [5, 5.41) is 2.94. The Hall–Kier alpha value is -2.88. The van der Waals surface area contributed by atoms with Gasteiger partial charge in [-0.15, -0.1) is 0 Å². The van der Waals surface area contributed by atoms with Crippen molar-refractivity contribution in [2.24, 2.45) is 5.92 Å². The number of benzene rings is 1. The molecule has 5 rings (SSSR count). The van der Waals surface area contributed by atoms with Gasteiger partial charge in [0.05, 0.1) is 18.8 Å². The number of nitrogens with one attached hydrogen (secondary N) is 2. The lowest BCUT2D eigenvalue weighted by Crippen LogP contribution is -2.46. The summed E-state index contributed by atoms with van der Waals surface area (Å²) < 4.78 is 25.3. The molecule has 1 unspecified atom stereocenters. The highest BCUT2D eigenvalue weighted by molar-refractivity contribution is 5.97. The fourth-order valence-electron chi connectivity index (χ4n) is 6.28. The molecule has 1 aromatic heterocycles. The quantitative estimate of drug-likeness (QED) is 0.571. The van der Waals surface area contributed by atoms with Crippen molar-refractivity contribution in [3.05, 3.63) is 56.0 Å². The van der Waals surface area contributed by atoms with Crippen LogP contribution in [-0.4, -0.2) is 54.9 Å². The van der Waals surface area contributed by atoms with Crippen LogP contribution >= 0.6 is 0 Å². The molecule has 3 aliphatic rings. The fraction of sp³-hybridized carbons (Fsp3) is 0.600. The number of pyridine rings is 1. The molecule has 1 atom stereocenters. The van der Waals surface area contributed by atoms with E-state index in [-0.39, 0.29) is 23.9 Å². The van der Waals surface area contributed by atoms with Crippen molar-refractivity contribution in [3.63, 3.8) is 0 Å². The number of fused-ring (bicyclic) bond motifs is 1. The molecule has 1 aromatic carbocycles. The van der Waals surface area contributed by atoms with E-state index >= 15 is 0 Å². The van der Waals surface area contributed by atoms with Crippen LogP contribution in [-0.2, 0) is 21.8 Å². The third kappa shape index (κ3) is 5.08. The molecule has 39 heavy (non-hydrogen) atoms. The Kier molecular flexibility index (Phi) is 7.28. The summed E-state index contributed by atoms with van der Waals surface area (Å²) in [5.74, 6) is -0.873. The average Bonchev–Trinajstić information content (AvgIpc) is 3.48. The number of carbonyl (C=O) groups is 1. The van der Waals surface area contributed by atoms with Gasteiger partial charge in [0.15, 0.2) is 17.3 Å². The third-order valence-electron chi connectivity index (χ3n) is 8.75. The number of H-pyrrole nitrogens is 1. The molecule has 1 saturated heterocycles. The molecule has 2 fully saturated rings. The molecule has 1 aliphatic carbocycles. The zero-order valence-corrected chi connectivity index (χ0v) is 24.2. The van der Waals surface area contributed by atoms with Crippen molar-refractivity contribution in [2.75, 3.05) is 27.3 Å². The molecule has 9 nitrogen and oxygen atoms in total. The molecule has 9 heteroatoms. The number of hydrogen-bond acceptors (Lipinski definition) is 7. The van der Waals surface area contributed by atoms with Crippen LogP contribution in [0.4, 0.5) is 0 Å². The number of carbonyl (C=O) groups excluding carboxylic acids is 1. The monoisotopic (exact) mass is 539 g/mol. The Morgan fingerprint density at radius 3 is 2.28 bits per heavy atom. The van der Waals surface area contributed by atoms with E-state index in [9.17, 15) is 9.59 Å². The second-order valence-electron chi connectivity index (χ2n) is 11.7. The first-order valence-corrected chi connectivity index (χ1v) is 13.9. The van der Waals surface area contributed by atoms with Gasteiger partial charge in [-0.05, 0) is 85.2 Å². The van der Waals surface area contributed by atoms with Gasteiger partial charge in [0.2, 0.25) is 0 Å². The topological polar surface area (TPSA) is 102 Å². The van der Waals surface area contributed by atoms with Crippen molar-refractivity contribution in [3.8, 4) is 11.5 Å². The first-order valence-electron chi connectivity index (χ1n) is 13.9. The van der Waals surface area contributed by atoms with Gasteiger partial charge in [0.1, 0.15) is 0 Å². The maximum absolute atomic E-state index is 13.6. The number of aromatic amines is 1. The van der Waals surface area contributed by atoms with E-state index in [0.29, 0.717) is 53.0 Å². The molecular formula is C30H41N3O6. The number of hydrogen-bond donors (Lipinski definition) is 2. The van der Waals surface area contributed by atoms with Gasteiger partial charge in [-0.2, -0.15) is 0 Å². The van der Waals surface area contributed by atoms with Crippen LogP contribution in [0.5, 0.6) is 11.5 Å². The van der Waals surface area contributed by atoms with Crippen molar-refractivity contribution < 1.29 is 23.7 Å². The average molecular weight is 540 g/mol. The highest BCUT2D eigenvalue weighted by Gasteiger charge is 2.50. The second-order valence-corrected chi connectivity index (χ2v) is 11.7. The van der Waals surface area contributed by atoms with E-state index in [1.54, 1.807) is 6.07 Å². The summed E-state index contributed by atoms with van der Waals surface area (Å²) in [6.45, 7) is 10.4. The summed E-state index contributed by atoms with van der Waals surface area (Å²) in [6.07, 6.45) is 4.14. The van der Waals surface area contributed by atoms with Crippen LogP contribution in [0.1, 0.15) is 77.8 Å². The second kappa shape index (κ2) is 10.3. The molecular weight excluding hydrogens is 498 g/mol. The van der Waals surface area contributed by atoms with Crippen molar-refractivity contribution >= 4 is 5.91 Å². The minimum atomic E-state index is -1.06. The predicted octanol–water partition coefficient (Wildman–Crippen LogP) is 4.06. The lowest BCUT2D eigenvalue weighted by molar-refractivity contribution is -0.155. The number of rotatable bonds is 6. The van der Waals surface area contributed by atoms with Gasteiger partial charge >= 0.3 is 0 Å². The van der Waals surface area contributed by atoms with E-state index in [1.165, 1.54) is 0 Å². The number of aromatic nitrogens is 1. The fourth-order valence-corrected chi connectivity index (χ4v) is 6.28. The zero-order chi connectivity index (χ0) is 28.1. The third-order valence-corrected chi connectivity index (χ3v) is 8.75. The van der Waals surface area contributed by atoms with Crippen molar-refractivity contribution in [1.29, 1.82) is 0 Å². The Balaban J connectivity index is 1.46. The minimum absolute atomic E-state index is 0.112. The van der Waals surface area contributed by atoms with Gasteiger partial charge in [-0.1, -0.05) is 0 Å². The van der Waals surface area contributed by atoms with Gasteiger partial charge in [0, 0.05) is 47.8 Å². The molecule has 0 bridgehead atoms. The number of nitrogens with zero attached hydrogens (tertiary/aromatic N) is 1. The number of amides is 1. The Bertz CT molecular complexity index is 1320. The normalized spacial score (nSPS) is 25.7. The lowest BCUT2D eigenvalue weighted by atomic mass is 9.81. The maximum Gasteiger partial charge on any atom is 0.253 e.